The van der Waals surface area contributed by atoms with Crippen molar-refractivity contribution in [2.75, 3.05) is 5.73 Å². The average Bonchev–Trinajstić information content (AvgIpc) is 3.16. The summed E-state index contributed by atoms with van der Waals surface area (Å²) in [5.74, 6) is -0.476. The molecule has 4 N–H and O–H groups in total. The summed E-state index contributed by atoms with van der Waals surface area (Å²) < 4.78 is 0. The van der Waals surface area contributed by atoms with Crippen LogP contribution in [0.2, 0.25) is 0 Å². The fourth-order valence-electron chi connectivity index (χ4n) is 2.12. The van der Waals surface area contributed by atoms with Gasteiger partial charge in [-0.15, -0.1) is 0 Å². The van der Waals surface area contributed by atoms with E-state index in [1.54, 1.807) is 36.4 Å². The number of carbonyl (C=O) groups is 1. The van der Waals surface area contributed by atoms with E-state index in [0.29, 0.717) is 26.9 Å². The van der Waals surface area contributed by atoms with Crippen molar-refractivity contribution in [3.8, 4) is 0 Å². The number of carbonyl (C=O) groups excluding carboxylic acids is 1. The Morgan fingerprint density at radius 1 is 1.33 bits per heavy atom. The van der Waals surface area contributed by atoms with Gasteiger partial charge in [-0.2, -0.15) is 10.2 Å². The Morgan fingerprint density at radius 2 is 2.15 bits per heavy atom. The van der Waals surface area contributed by atoms with E-state index in [1.165, 1.54) is 18.6 Å². The Labute approximate surface area is 157 Å². The number of nitrogens with one attached hydrogen (secondary N) is 2. The van der Waals surface area contributed by atoms with E-state index in [-0.39, 0.29) is 5.69 Å². The number of amides is 1. The molecule has 0 aliphatic heterocycles. The zero-order valence-corrected chi connectivity index (χ0v) is 14.5. The van der Waals surface area contributed by atoms with Crippen LogP contribution in [-0.4, -0.2) is 32.2 Å². The number of benzene rings is 2. The number of nitro benzene ring substituents is 1. The molecule has 0 unspecified atom stereocenters. The van der Waals surface area contributed by atoms with Crippen molar-refractivity contribution >= 4 is 35.3 Å². The number of nitrogens with two attached hydrogens (primary N) is 1. The Bertz CT molecular complexity index is 1010. The number of hydrogen-bond acceptors (Lipinski definition) is 8. The first-order valence-corrected chi connectivity index (χ1v) is 8.36. The summed E-state index contributed by atoms with van der Waals surface area (Å²) in [5.41, 5.74) is 9.02. The molecule has 27 heavy (non-hydrogen) atoms. The number of H-pyrrole nitrogens is 1. The van der Waals surface area contributed by atoms with Crippen molar-refractivity contribution in [3.63, 3.8) is 0 Å². The van der Waals surface area contributed by atoms with Crippen molar-refractivity contribution in [3.05, 3.63) is 70.0 Å². The van der Waals surface area contributed by atoms with Gasteiger partial charge >= 0.3 is 0 Å². The number of nitrogens with zero attached hydrogens (tertiary/aromatic N) is 4. The summed E-state index contributed by atoms with van der Waals surface area (Å²) in [6.45, 7) is 0. The van der Waals surface area contributed by atoms with Gasteiger partial charge in [-0.1, -0.05) is 18.2 Å². The van der Waals surface area contributed by atoms with E-state index in [1.807, 2.05) is 0 Å². The van der Waals surface area contributed by atoms with Crippen molar-refractivity contribution in [2.24, 2.45) is 5.10 Å². The van der Waals surface area contributed by atoms with Gasteiger partial charge in [-0.25, -0.2) is 10.4 Å². The van der Waals surface area contributed by atoms with E-state index in [0.717, 1.165) is 11.8 Å². The topological polar surface area (TPSA) is 152 Å². The second kappa shape index (κ2) is 8.10. The highest BCUT2D eigenvalue weighted by Crippen LogP contribution is 2.33. The quantitative estimate of drug-likeness (QED) is 0.255. The van der Waals surface area contributed by atoms with Crippen LogP contribution in [0.25, 0.3) is 0 Å². The van der Waals surface area contributed by atoms with Crippen LogP contribution in [-0.2, 0) is 0 Å². The lowest BCUT2D eigenvalue weighted by Crippen LogP contribution is -2.19. The summed E-state index contributed by atoms with van der Waals surface area (Å²) in [4.78, 5) is 27.2. The van der Waals surface area contributed by atoms with Crippen LogP contribution >= 0.6 is 11.8 Å². The van der Waals surface area contributed by atoms with Crippen LogP contribution in [0.4, 0.5) is 11.4 Å². The third kappa shape index (κ3) is 4.46. The van der Waals surface area contributed by atoms with E-state index >= 15 is 0 Å². The largest absolute Gasteiger partial charge is 0.398 e. The summed E-state index contributed by atoms with van der Waals surface area (Å²) in [6, 6.07) is 11.1. The van der Waals surface area contributed by atoms with Gasteiger partial charge in [0.15, 0.2) is 5.16 Å². The predicted octanol–water partition coefficient (Wildman–Crippen LogP) is 2.21. The lowest BCUT2D eigenvalue weighted by atomic mass is 10.2. The first-order valence-electron chi connectivity index (χ1n) is 7.54. The number of anilines is 1. The molecule has 1 heterocycles. The number of hydrogen-bond donors (Lipinski definition) is 3. The summed E-state index contributed by atoms with van der Waals surface area (Å²) in [6.07, 6.45) is 2.63. The lowest BCUT2D eigenvalue weighted by molar-refractivity contribution is -0.387. The SMILES string of the molecule is Nc1ccccc1C(=O)N/N=C\c1ccc(Sc2ncn[nH]2)c([N+](=O)[O-])c1. The number of hydrazone groups is 1. The molecular weight excluding hydrogens is 370 g/mol. The summed E-state index contributed by atoms with van der Waals surface area (Å²) in [7, 11) is 0. The fourth-order valence-corrected chi connectivity index (χ4v) is 2.90. The summed E-state index contributed by atoms with van der Waals surface area (Å²) in [5, 5.41) is 21.9. The zero-order chi connectivity index (χ0) is 19.2. The molecule has 10 nitrogen and oxygen atoms in total. The molecule has 0 fully saturated rings. The maximum absolute atomic E-state index is 12.0. The van der Waals surface area contributed by atoms with Crippen LogP contribution in [0, 0.1) is 10.1 Å². The van der Waals surface area contributed by atoms with Crippen LogP contribution in [0.1, 0.15) is 15.9 Å². The third-order valence-corrected chi connectivity index (χ3v) is 4.32. The van der Waals surface area contributed by atoms with Crippen molar-refractivity contribution < 1.29 is 9.72 Å². The van der Waals surface area contributed by atoms with Gasteiger partial charge in [0.05, 0.1) is 21.6 Å². The van der Waals surface area contributed by atoms with Crippen molar-refractivity contribution in [2.45, 2.75) is 10.1 Å². The first kappa shape index (κ1) is 18.1. The Balaban J connectivity index is 1.74. The molecule has 0 spiro atoms. The molecule has 1 aromatic heterocycles. The molecule has 0 aliphatic rings. The summed E-state index contributed by atoms with van der Waals surface area (Å²) >= 11 is 1.09. The van der Waals surface area contributed by atoms with Gasteiger partial charge in [-0.3, -0.25) is 20.0 Å². The van der Waals surface area contributed by atoms with Gasteiger partial charge in [0.2, 0.25) is 0 Å². The van der Waals surface area contributed by atoms with Gasteiger partial charge in [-0.05, 0) is 30.0 Å². The molecule has 3 aromatic rings. The van der Waals surface area contributed by atoms with E-state index in [4.69, 9.17) is 5.73 Å². The molecular formula is C16H13N7O3S. The molecule has 136 valence electrons. The van der Waals surface area contributed by atoms with Crippen LogP contribution < -0.4 is 11.2 Å². The molecule has 11 heteroatoms. The molecule has 0 saturated heterocycles. The number of aromatic nitrogens is 3. The van der Waals surface area contributed by atoms with Crippen molar-refractivity contribution in [1.82, 2.24) is 20.6 Å². The maximum atomic E-state index is 12.0. The minimum atomic E-state index is -0.501. The Morgan fingerprint density at radius 3 is 2.85 bits per heavy atom. The minimum Gasteiger partial charge on any atom is -0.398 e. The van der Waals surface area contributed by atoms with Crippen molar-refractivity contribution in [1.29, 1.82) is 0 Å². The predicted molar refractivity (Wildman–Crippen MR) is 99.5 cm³/mol. The van der Waals surface area contributed by atoms with Crippen LogP contribution in [0.15, 0.2) is 63.9 Å². The Hall–Kier alpha value is -3.73. The molecule has 0 saturated carbocycles. The van der Waals surface area contributed by atoms with Crippen LogP contribution in [0.5, 0.6) is 0 Å². The second-order valence-corrected chi connectivity index (χ2v) is 6.19. The highest BCUT2D eigenvalue weighted by molar-refractivity contribution is 7.99. The normalized spacial score (nSPS) is 10.8. The second-order valence-electron chi connectivity index (χ2n) is 5.16. The molecule has 0 atom stereocenters. The number of aromatic amines is 1. The van der Waals surface area contributed by atoms with Crippen LogP contribution in [0.3, 0.4) is 0 Å². The Kier molecular flexibility index (Phi) is 5.42. The van der Waals surface area contributed by atoms with E-state index in [2.05, 4.69) is 25.7 Å². The maximum Gasteiger partial charge on any atom is 0.283 e. The molecule has 1 amide bonds. The monoisotopic (exact) mass is 383 g/mol. The molecule has 3 rings (SSSR count). The van der Waals surface area contributed by atoms with E-state index < -0.39 is 10.8 Å². The standard InChI is InChI=1S/C16H13N7O3S/c17-12-4-2-1-3-11(12)15(24)21-19-8-10-5-6-14(13(7-10)23(25)26)27-16-18-9-20-22-16/h1-9H,17H2,(H,21,24)(H,18,20,22)/b19-8-. The first-order chi connectivity index (χ1) is 13.0. The third-order valence-electron chi connectivity index (χ3n) is 3.36. The number of nitro groups is 1. The van der Waals surface area contributed by atoms with E-state index in [9.17, 15) is 14.9 Å². The highest BCUT2D eigenvalue weighted by Gasteiger charge is 2.16. The van der Waals surface area contributed by atoms with Gasteiger partial charge in [0.1, 0.15) is 6.33 Å². The molecule has 0 bridgehead atoms. The number of para-hydroxylation sites is 1. The molecule has 2 aromatic carbocycles. The van der Waals surface area contributed by atoms with Gasteiger partial charge in [0, 0.05) is 17.3 Å². The fraction of sp³-hybridized carbons (Fsp3) is 0. The molecule has 0 aliphatic carbocycles. The zero-order valence-electron chi connectivity index (χ0n) is 13.7. The van der Waals surface area contributed by atoms with Gasteiger partial charge < -0.3 is 5.73 Å². The average molecular weight is 383 g/mol. The molecule has 0 radical (unpaired) electrons. The number of rotatable bonds is 6. The lowest BCUT2D eigenvalue weighted by Gasteiger charge is -2.03. The van der Waals surface area contributed by atoms with Gasteiger partial charge in [0.25, 0.3) is 11.6 Å². The smallest absolute Gasteiger partial charge is 0.283 e. The number of nitrogen functional groups attached to an aromatic ring is 1. The minimum absolute atomic E-state index is 0.112. The highest BCUT2D eigenvalue weighted by atomic mass is 32.2.